The lowest BCUT2D eigenvalue weighted by atomic mass is 10.4. The number of rotatable bonds is 4. The molecule has 2 aromatic heterocycles. The Hall–Kier alpha value is -1.74. The number of nitrogen functional groups attached to an aromatic ring is 1. The number of aliphatic hydroxyl groups is 1. The molecule has 110 valence electrons. The van der Waals surface area contributed by atoms with Crippen LogP contribution in [0.4, 0.5) is 14.7 Å². The van der Waals surface area contributed by atoms with Gasteiger partial charge in [-0.05, 0) is 0 Å². The van der Waals surface area contributed by atoms with Crippen LogP contribution in [0.15, 0.2) is 4.79 Å². The van der Waals surface area contributed by atoms with E-state index in [2.05, 4.69) is 9.97 Å². The Labute approximate surface area is 116 Å². The second kappa shape index (κ2) is 4.98. The van der Waals surface area contributed by atoms with Crippen molar-refractivity contribution in [2.24, 2.45) is 0 Å². The summed E-state index contributed by atoms with van der Waals surface area (Å²) >= 11 is 5.87. The van der Waals surface area contributed by atoms with Gasteiger partial charge in [0.2, 0.25) is 5.95 Å². The average molecular weight is 308 g/mol. The average Bonchev–Trinajstić information content (AvgIpc) is 2.53. The molecule has 2 heterocycles. The van der Waals surface area contributed by atoms with Gasteiger partial charge in [-0.1, -0.05) is 11.6 Å². The summed E-state index contributed by atoms with van der Waals surface area (Å²) in [6, 6.07) is 0. The summed E-state index contributed by atoms with van der Waals surface area (Å²) in [5.74, 6) is -3.30. The molecule has 0 aliphatic heterocycles. The van der Waals surface area contributed by atoms with Crippen molar-refractivity contribution < 1.29 is 13.9 Å². The van der Waals surface area contributed by atoms with Crippen molar-refractivity contribution in [1.29, 1.82) is 0 Å². The lowest BCUT2D eigenvalue weighted by Crippen LogP contribution is -2.31. The number of nitrogens with two attached hydrogens (primary N) is 1. The van der Waals surface area contributed by atoms with Gasteiger partial charge in [0.25, 0.3) is 5.92 Å². The Morgan fingerprint density at radius 3 is 2.60 bits per heavy atom. The van der Waals surface area contributed by atoms with Crippen molar-refractivity contribution in [3.05, 3.63) is 15.6 Å². The minimum atomic E-state index is -3.12. The molecule has 3 N–H and O–H groups in total. The number of alkyl halides is 2. The standard InChI is InChI=1S/C10H12ClF2N5O2/c1-10(12,13)4-18-5-6(11)15-8(14)16-7(5)17(2-3-19)9(18)20/h19H,2-4H2,1H3,(H2,14,15,16). The Balaban J connectivity index is 2.80. The zero-order chi connectivity index (χ0) is 15.1. The zero-order valence-electron chi connectivity index (χ0n) is 10.5. The summed E-state index contributed by atoms with van der Waals surface area (Å²) in [6.45, 7) is -0.651. The van der Waals surface area contributed by atoms with Crippen LogP contribution in [0.1, 0.15) is 6.92 Å². The Kier molecular flexibility index (Phi) is 3.65. The molecule has 0 radical (unpaired) electrons. The molecule has 0 amide bonds. The van der Waals surface area contributed by atoms with Crippen LogP contribution in [0.3, 0.4) is 0 Å². The predicted octanol–water partition coefficient (Wildman–Crippen LogP) is 0.476. The first-order chi connectivity index (χ1) is 9.24. The highest BCUT2D eigenvalue weighted by Crippen LogP contribution is 2.23. The molecular formula is C10H12ClF2N5O2. The summed E-state index contributed by atoms with van der Waals surface area (Å²) in [5.41, 5.74) is 4.67. The monoisotopic (exact) mass is 307 g/mol. The third-order valence-electron chi connectivity index (χ3n) is 2.59. The first-order valence-electron chi connectivity index (χ1n) is 5.65. The molecule has 0 spiro atoms. The van der Waals surface area contributed by atoms with E-state index in [4.69, 9.17) is 22.4 Å². The van der Waals surface area contributed by atoms with Crippen LogP contribution in [0.5, 0.6) is 0 Å². The molecule has 0 aromatic carbocycles. The van der Waals surface area contributed by atoms with Gasteiger partial charge in [-0.3, -0.25) is 9.13 Å². The topological polar surface area (TPSA) is 99.0 Å². The molecule has 0 atom stereocenters. The van der Waals surface area contributed by atoms with Gasteiger partial charge in [0.05, 0.1) is 19.7 Å². The first kappa shape index (κ1) is 14.7. The molecule has 0 fully saturated rings. The molecule has 2 rings (SSSR count). The second-order valence-electron chi connectivity index (χ2n) is 4.36. The van der Waals surface area contributed by atoms with Gasteiger partial charge in [0.1, 0.15) is 5.52 Å². The number of halogens is 3. The normalized spacial score (nSPS) is 12.2. The number of aliphatic hydroxyl groups excluding tert-OH is 1. The van der Waals surface area contributed by atoms with Crippen LogP contribution in [0.25, 0.3) is 11.2 Å². The molecular weight excluding hydrogens is 296 g/mol. The van der Waals surface area contributed by atoms with Gasteiger partial charge in [0, 0.05) is 6.92 Å². The largest absolute Gasteiger partial charge is 0.395 e. The molecule has 0 aliphatic rings. The molecule has 0 aliphatic carbocycles. The SMILES string of the molecule is CC(F)(F)Cn1c(=O)n(CCO)c2nc(N)nc(Cl)c21. The summed E-state index contributed by atoms with van der Waals surface area (Å²) in [7, 11) is 0. The molecule has 20 heavy (non-hydrogen) atoms. The third-order valence-corrected chi connectivity index (χ3v) is 2.85. The smallest absolute Gasteiger partial charge is 0.330 e. The number of hydrogen-bond donors (Lipinski definition) is 2. The highest BCUT2D eigenvalue weighted by molar-refractivity contribution is 6.33. The van der Waals surface area contributed by atoms with Crippen molar-refractivity contribution in [3.63, 3.8) is 0 Å². The summed E-state index contributed by atoms with van der Waals surface area (Å²) in [5, 5.41) is 8.77. The van der Waals surface area contributed by atoms with Gasteiger partial charge >= 0.3 is 5.69 Å². The maximum atomic E-state index is 13.2. The summed E-state index contributed by atoms with van der Waals surface area (Å²) in [6.07, 6.45) is 0. The maximum absolute atomic E-state index is 13.2. The number of nitrogens with zero attached hydrogens (tertiary/aromatic N) is 4. The van der Waals surface area contributed by atoms with E-state index in [1.165, 1.54) is 0 Å². The number of imidazole rings is 1. The maximum Gasteiger partial charge on any atom is 0.330 e. The molecule has 2 aromatic rings. The summed E-state index contributed by atoms with van der Waals surface area (Å²) in [4.78, 5) is 19.6. The van der Waals surface area contributed by atoms with Crippen molar-refractivity contribution in [2.75, 3.05) is 12.3 Å². The number of aromatic nitrogens is 4. The van der Waals surface area contributed by atoms with E-state index in [1.807, 2.05) is 0 Å². The highest BCUT2D eigenvalue weighted by Gasteiger charge is 2.27. The van der Waals surface area contributed by atoms with Gasteiger partial charge in [-0.2, -0.15) is 9.97 Å². The van der Waals surface area contributed by atoms with E-state index in [9.17, 15) is 13.6 Å². The van der Waals surface area contributed by atoms with E-state index in [0.29, 0.717) is 6.92 Å². The van der Waals surface area contributed by atoms with E-state index >= 15 is 0 Å². The third kappa shape index (κ3) is 2.59. The number of hydrogen-bond acceptors (Lipinski definition) is 5. The van der Waals surface area contributed by atoms with Gasteiger partial charge in [0.15, 0.2) is 10.8 Å². The highest BCUT2D eigenvalue weighted by atomic mass is 35.5. The molecule has 0 saturated heterocycles. The summed E-state index contributed by atoms with van der Waals surface area (Å²) < 4.78 is 28.2. The molecule has 10 heteroatoms. The second-order valence-corrected chi connectivity index (χ2v) is 4.72. The van der Waals surface area contributed by atoms with Crippen LogP contribution >= 0.6 is 11.6 Å². The Bertz CT molecular complexity index is 706. The van der Waals surface area contributed by atoms with Gasteiger partial charge < -0.3 is 10.8 Å². The van der Waals surface area contributed by atoms with E-state index in [1.54, 1.807) is 0 Å². The lowest BCUT2D eigenvalue weighted by molar-refractivity contribution is 0.00393. The van der Waals surface area contributed by atoms with Crippen LogP contribution in [-0.2, 0) is 13.1 Å². The molecule has 0 saturated carbocycles. The van der Waals surface area contributed by atoms with E-state index in [-0.39, 0.29) is 35.4 Å². The van der Waals surface area contributed by atoms with Crippen LogP contribution in [0.2, 0.25) is 5.15 Å². The van der Waals surface area contributed by atoms with Gasteiger partial charge in [-0.25, -0.2) is 13.6 Å². The van der Waals surface area contributed by atoms with Crippen molar-refractivity contribution in [1.82, 2.24) is 19.1 Å². The molecule has 0 unspecified atom stereocenters. The van der Waals surface area contributed by atoms with Gasteiger partial charge in [-0.15, -0.1) is 0 Å². The quantitative estimate of drug-likeness (QED) is 0.800. The van der Waals surface area contributed by atoms with E-state index < -0.39 is 18.2 Å². The van der Waals surface area contributed by atoms with Crippen LogP contribution < -0.4 is 11.4 Å². The number of anilines is 1. The first-order valence-corrected chi connectivity index (χ1v) is 6.03. The fourth-order valence-corrected chi connectivity index (χ4v) is 2.18. The minimum absolute atomic E-state index is 0.0193. The fourth-order valence-electron chi connectivity index (χ4n) is 1.91. The van der Waals surface area contributed by atoms with Crippen LogP contribution in [0, 0.1) is 0 Å². The van der Waals surface area contributed by atoms with Crippen molar-refractivity contribution in [3.8, 4) is 0 Å². The number of fused-ring (bicyclic) bond motifs is 1. The Morgan fingerprint density at radius 2 is 2.05 bits per heavy atom. The minimum Gasteiger partial charge on any atom is -0.395 e. The zero-order valence-corrected chi connectivity index (χ0v) is 11.2. The predicted molar refractivity (Wildman–Crippen MR) is 68.9 cm³/mol. The molecule has 0 bridgehead atoms. The van der Waals surface area contributed by atoms with Crippen LogP contribution in [-0.4, -0.2) is 36.7 Å². The van der Waals surface area contributed by atoms with Crippen molar-refractivity contribution >= 4 is 28.7 Å². The Morgan fingerprint density at radius 1 is 1.40 bits per heavy atom. The van der Waals surface area contributed by atoms with E-state index in [0.717, 1.165) is 9.13 Å². The van der Waals surface area contributed by atoms with Crippen molar-refractivity contribution in [2.45, 2.75) is 25.9 Å². The molecule has 7 nitrogen and oxygen atoms in total. The lowest BCUT2D eigenvalue weighted by Gasteiger charge is -2.10. The fraction of sp³-hybridized carbons (Fsp3) is 0.500.